The molecule has 1 aromatic heterocycles. The molecule has 0 saturated heterocycles. The first-order valence-corrected chi connectivity index (χ1v) is 9.67. The van der Waals surface area contributed by atoms with E-state index in [1.54, 1.807) is 27.0 Å². The van der Waals surface area contributed by atoms with Gasteiger partial charge < -0.3 is 10.5 Å². The van der Waals surface area contributed by atoms with Crippen molar-refractivity contribution in [1.82, 2.24) is 9.55 Å². The smallest absolute Gasteiger partial charge is 0.421 e. The lowest BCUT2D eigenvalue weighted by Gasteiger charge is -2.19. The van der Waals surface area contributed by atoms with E-state index < -0.39 is 11.7 Å². The van der Waals surface area contributed by atoms with Crippen LogP contribution in [-0.4, -0.2) is 33.6 Å². The molecular weight excluding hydrogens is 372 g/mol. The average Bonchev–Trinajstić information content (AvgIpc) is 3.00. The number of terminal acetylenes is 1. The van der Waals surface area contributed by atoms with Crippen LogP contribution in [0, 0.1) is 12.3 Å². The van der Waals surface area contributed by atoms with Crippen molar-refractivity contribution in [2.45, 2.75) is 78.2 Å². The molecule has 0 aliphatic heterocycles. The molecule has 9 heteroatoms. The van der Waals surface area contributed by atoms with E-state index in [4.69, 9.17) is 22.4 Å². The highest BCUT2D eigenvalue weighted by Crippen LogP contribution is 2.13. The molecule has 0 unspecified atom stereocenters. The number of Topliss-reactive ketones (excluding diaryl/α,β-unsaturated/α-hetero) is 1. The van der Waals surface area contributed by atoms with Crippen molar-refractivity contribution in [3.05, 3.63) is 22.3 Å². The van der Waals surface area contributed by atoms with E-state index in [1.807, 2.05) is 0 Å². The number of ether oxygens (including phenoxy) is 1. The molecule has 0 aliphatic carbocycles. The molecule has 160 valence electrons. The Bertz CT molecular complexity index is 736. The fourth-order valence-corrected chi connectivity index (χ4v) is 2.16. The minimum absolute atomic E-state index is 0.0141. The van der Waals surface area contributed by atoms with Gasteiger partial charge in [-0.2, -0.15) is 0 Å². The minimum atomic E-state index is -0.558. The summed E-state index contributed by atoms with van der Waals surface area (Å²) >= 11 is 0. The molecule has 1 heterocycles. The third kappa shape index (κ3) is 12.9. The van der Waals surface area contributed by atoms with E-state index in [-0.39, 0.29) is 18.3 Å². The Kier molecular flexibility index (Phi) is 12.6. The lowest BCUT2D eigenvalue weighted by Crippen LogP contribution is -2.27. The fraction of sp³-hybridized carbons (Fsp3) is 0.650. The lowest BCUT2D eigenvalue weighted by atomic mass is 10.1. The summed E-state index contributed by atoms with van der Waals surface area (Å²) in [7, 11) is 0. The molecule has 0 fully saturated rings. The summed E-state index contributed by atoms with van der Waals surface area (Å²) in [5.74, 6) is 2.73. The summed E-state index contributed by atoms with van der Waals surface area (Å²) < 4.78 is 6.43. The van der Waals surface area contributed by atoms with Crippen LogP contribution in [0.1, 0.15) is 71.9 Å². The number of nitrogens with two attached hydrogens (primary N) is 1. The summed E-state index contributed by atoms with van der Waals surface area (Å²) in [6.07, 6.45) is 12.1. The molecule has 0 aliphatic rings. The van der Waals surface area contributed by atoms with Gasteiger partial charge in [0, 0.05) is 24.0 Å². The van der Waals surface area contributed by atoms with Gasteiger partial charge in [0.1, 0.15) is 11.4 Å². The Labute approximate surface area is 172 Å². The van der Waals surface area contributed by atoms with Crippen LogP contribution in [0.4, 0.5) is 10.7 Å². The van der Waals surface area contributed by atoms with Gasteiger partial charge in [0.2, 0.25) is 5.95 Å². The van der Waals surface area contributed by atoms with E-state index in [0.29, 0.717) is 19.3 Å². The highest BCUT2D eigenvalue weighted by molar-refractivity contribution is 5.80. The van der Waals surface area contributed by atoms with E-state index in [9.17, 15) is 9.59 Å². The molecule has 0 radical (unpaired) electrons. The summed E-state index contributed by atoms with van der Waals surface area (Å²) in [6.45, 7) is 7.49. The van der Waals surface area contributed by atoms with Gasteiger partial charge in [-0.15, -0.1) is 12.3 Å². The first-order valence-electron chi connectivity index (χ1n) is 9.67. The number of azide groups is 1. The van der Waals surface area contributed by atoms with E-state index in [0.717, 1.165) is 31.4 Å². The lowest BCUT2D eigenvalue weighted by molar-refractivity contribution is -0.117. The highest BCUT2D eigenvalue weighted by Gasteiger charge is 2.20. The van der Waals surface area contributed by atoms with E-state index >= 15 is 0 Å². The number of aryl methyl sites for hydroxylation is 1. The summed E-state index contributed by atoms with van der Waals surface area (Å²) in [4.78, 5) is 29.2. The Balaban J connectivity index is 0.000000614. The fourth-order valence-electron chi connectivity index (χ4n) is 2.16. The van der Waals surface area contributed by atoms with Crippen molar-refractivity contribution in [3.8, 4) is 12.3 Å². The van der Waals surface area contributed by atoms with E-state index in [1.165, 1.54) is 4.57 Å². The molecule has 0 amide bonds. The second kappa shape index (κ2) is 14.1. The predicted molar refractivity (Wildman–Crippen MR) is 113 cm³/mol. The number of nitrogen functional groups attached to an aromatic ring is 1. The van der Waals surface area contributed by atoms with Crippen LogP contribution < -0.4 is 5.73 Å². The molecule has 1 rings (SSSR count). The van der Waals surface area contributed by atoms with Crippen LogP contribution in [0.5, 0.6) is 0 Å². The number of anilines is 1. The number of aromatic nitrogens is 2. The van der Waals surface area contributed by atoms with Gasteiger partial charge in [-0.05, 0) is 45.6 Å². The zero-order chi connectivity index (χ0) is 22.3. The number of hydrogen-bond donors (Lipinski definition) is 1. The number of rotatable bonds is 9. The molecule has 1 aromatic rings. The highest BCUT2D eigenvalue weighted by atomic mass is 16.6. The third-order valence-corrected chi connectivity index (χ3v) is 3.50. The van der Waals surface area contributed by atoms with Crippen molar-refractivity contribution in [3.63, 3.8) is 0 Å². The number of imidazole rings is 1. The first kappa shape index (κ1) is 26.0. The van der Waals surface area contributed by atoms with Gasteiger partial charge in [0.05, 0.1) is 12.2 Å². The molecule has 0 saturated carbocycles. The van der Waals surface area contributed by atoms with Crippen molar-refractivity contribution >= 4 is 17.8 Å². The summed E-state index contributed by atoms with van der Waals surface area (Å²) in [5.41, 5.74) is 13.8. The second-order valence-corrected chi connectivity index (χ2v) is 7.38. The van der Waals surface area contributed by atoms with Crippen LogP contribution in [0.2, 0.25) is 0 Å². The standard InChI is InChI=1S/C13H19N3O2.C7H13N3O/c1-5-6-7-8-10-9-16(11(14)15-10)12(17)18-13(2,3)4;1-2-3-4-5-7(11)6-9-10-8/h1,9H,6-8H2,2-4H3,(H2,14,15);2-6H2,1H3. The van der Waals surface area contributed by atoms with Gasteiger partial charge in [-0.25, -0.2) is 14.3 Å². The molecular formula is C20H32N6O3. The Morgan fingerprint density at radius 3 is 2.62 bits per heavy atom. The molecule has 0 spiro atoms. The monoisotopic (exact) mass is 404 g/mol. The van der Waals surface area contributed by atoms with Crippen LogP contribution in [-0.2, 0) is 16.0 Å². The maximum Gasteiger partial charge on any atom is 0.421 e. The van der Waals surface area contributed by atoms with Gasteiger partial charge in [0.25, 0.3) is 0 Å². The molecule has 0 atom stereocenters. The van der Waals surface area contributed by atoms with Crippen molar-refractivity contribution in [1.29, 1.82) is 0 Å². The van der Waals surface area contributed by atoms with Crippen molar-refractivity contribution in [2.75, 3.05) is 12.3 Å². The van der Waals surface area contributed by atoms with Gasteiger partial charge >= 0.3 is 6.09 Å². The average molecular weight is 405 g/mol. The summed E-state index contributed by atoms with van der Waals surface area (Å²) in [6, 6.07) is 0. The van der Waals surface area contributed by atoms with Crippen molar-refractivity contribution < 1.29 is 14.3 Å². The number of nitrogens with zero attached hydrogens (tertiary/aromatic N) is 5. The SMILES string of the molecule is C#CCCCc1cn(C(=O)OC(C)(C)C)c(N)n1.CCCCCC(=O)CN=[N+]=[N-]. The molecule has 29 heavy (non-hydrogen) atoms. The largest absolute Gasteiger partial charge is 0.443 e. The van der Waals surface area contributed by atoms with Crippen LogP contribution in [0.25, 0.3) is 10.4 Å². The molecule has 0 bridgehead atoms. The zero-order valence-corrected chi connectivity index (χ0v) is 17.8. The van der Waals surface area contributed by atoms with Crippen molar-refractivity contribution in [2.24, 2.45) is 5.11 Å². The Morgan fingerprint density at radius 2 is 2.07 bits per heavy atom. The van der Waals surface area contributed by atoms with Crippen LogP contribution in [0.3, 0.4) is 0 Å². The first-order chi connectivity index (χ1) is 13.6. The number of unbranched alkanes of at least 4 members (excludes halogenated alkanes) is 3. The van der Waals surface area contributed by atoms with Crippen LogP contribution in [0.15, 0.2) is 11.3 Å². The molecule has 0 aromatic carbocycles. The Hall–Kier alpha value is -2.98. The second-order valence-electron chi connectivity index (χ2n) is 7.38. The maximum absolute atomic E-state index is 11.8. The maximum atomic E-state index is 11.8. The topological polar surface area (TPSA) is 136 Å². The number of carbonyl (C=O) groups is 2. The molecule has 2 N–H and O–H groups in total. The predicted octanol–water partition coefficient (Wildman–Crippen LogP) is 4.65. The van der Waals surface area contributed by atoms with Gasteiger partial charge in [0.15, 0.2) is 0 Å². The normalized spacial score (nSPS) is 10.2. The van der Waals surface area contributed by atoms with Gasteiger partial charge in [-0.1, -0.05) is 24.9 Å². The third-order valence-electron chi connectivity index (χ3n) is 3.50. The van der Waals surface area contributed by atoms with E-state index in [2.05, 4.69) is 27.9 Å². The number of ketones is 1. The minimum Gasteiger partial charge on any atom is -0.443 e. The summed E-state index contributed by atoms with van der Waals surface area (Å²) in [5, 5.41) is 3.18. The van der Waals surface area contributed by atoms with Crippen LogP contribution >= 0.6 is 0 Å². The Morgan fingerprint density at radius 1 is 1.38 bits per heavy atom. The number of carbonyl (C=O) groups excluding carboxylic acids is 2. The van der Waals surface area contributed by atoms with Gasteiger partial charge in [-0.3, -0.25) is 4.79 Å². The number of hydrogen-bond acceptors (Lipinski definition) is 6. The molecule has 9 nitrogen and oxygen atoms in total. The zero-order valence-electron chi connectivity index (χ0n) is 17.8. The quantitative estimate of drug-likeness (QED) is 0.210.